The number of fused-ring (bicyclic) bond motifs is 7. The van der Waals surface area contributed by atoms with Crippen LogP contribution in [0.15, 0.2) is 72.3 Å². The maximum absolute atomic E-state index is 13.8. The van der Waals surface area contributed by atoms with Crippen molar-refractivity contribution in [3.63, 3.8) is 0 Å². The zero-order valence-electron chi connectivity index (χ0n) is 24.2. The average Bonchev–Trinajstić information content (AvgIpc) is 3.47. The van der Waals surface area contributed by atoms with Crippen LogP contribution in [-0.4, -0.2) is 46.2 Å². The molecule has 42 heavy (non-hydrogen) atoms. The topological polar surface area (TPSA) is 119 Å². The van der Waals surface area contributed by atoms with Crippen molar-refractivity contribution in [2.75, 3.05) is 12.3 Å². The van der Waals surface area contributed by atoms with Gasteiger partial charge in [0, 0.05) is 28.0 Å². The number of carbonyl (C=O) groups excluding carboxylic acids is 2. The van der Waals surface area contributed by atoms with Gasteiger partial charge in [-0.3, -0.25) is 9.59 Å². The minimum Gasteiger partial charge on any atom is -0.398 e. The van der Waals surface area contributed by atoms with Crippen LogP contribution in [0.2, 0.25) is 0 Å². The van der Waals surface area contributed by atoms with E-state index in [1.165, 1.54) is 0 Å². The number of nitrogens with two attached hydrogens (primary N) is 1. The van der Waals surface area contributed by atoms with Crippen LogP contribution in [0.1, 0.15) is 62.5 Å². The number of anilines is 1. The molecular formula is C35H39NO6. The van der Waals surface area contributed by atoms with Gasteiger partial charge in [0.25, 0.3) is 0 Å². The van der Waals surface area contributed by atoms with E-state index in [1.54, 1.807) is 12.2 Å². The van der Waals surface area contributed by atoms with Crippen LogP contribution in [0, 0.1) is 28.6 Å². The van der Waals surface area contributed by atoms with Gasteiger partial charge in [-0.2, -0.15) is 0 Å². The summed E-state index contributed by atoms with van der Waals surface area (Å²) in [4.78, 5) is 26.0. The van der Waals surface area contributed by atoms with Crippen LogP contribution in [0.25, 0.3) is 0 Å². The standard InChI is InChI=1S/C35H39NO6/c1-33-13-12-24(38)16-23(33)10-11-25-26-17-30-35(29(40)19-37,34(26,2)18-28(39)31(25)33)42-32(41-30)22-8-5-6-20(15-22)14-21-7-3-4-9-27(21)36/h3-9,12-13,15-16,25-26,28,30-32,37,39H,10-11,14,17-19,36H2,1-2H3/t25-,26-,28-,30+,31+,32-,33-,34-,35+/m0/s1. The van der Waals surface area contributed by atoms with Crippen molar-refractivity contribution in [3.05, 3.63) is 89.0 Å². The molecule has 0 bridgehead atoms. The molecule has 5 aliphatic rings. The third kappa shape index (κ3) is 3.80. The van der Waals surface area contributed by atoms with Crippen LogP contribution in [0.4, 0.5) is 5.69 Å². The lowest BCUT2D eigenvalue weighted by atomic mass is 9.46. The molecule has 3 saturated carbocycles. The number of aliphatic hydroxyl groups excluding tert-OH is 2. The van der Waals surface area contributed by atoms with Gasteiger partial charge in [-0.15, -0.1) is 0 Å². The molecule has 0 amide bonds. The van der Waals surface area contributed by atoms with Gasteiger partial charge in [-0.25, -0.2) is 0 Å². The number of nitrogen functional groups attached to an aromatic ring is 1. The van der Waals surface area contributed by atoms with Crippen molar-refractivity contribution in [2.45, 2.75) is 70.1 Å². The molecule has 1 aliphatic heterocycles. The van der Waals surface area contributed by atoms with E-state index in [0.29, 0.717) is 19.3 Å². The molecule has 1 saturated heterocycles. The molecule has 7 rings (SSSR count). The number of benzene rings is 2. The first-order chi connectivity index (χ1) is 20.1. The lowest BCUT2D eigenvalue weighted by Gasteiger charge is -2.59. The number of hydrogen-bond donors (Lipinski definition) is 3. The Balaban J connectivity index is 1.21. The predicted octanol–water partition coefficient (Wildman–Crippen LogP) is 4.46. The van der Waals surface area contributed by atoms with Gasteiger partial charge in [0.1, 0.15) is 6.61 Å². The zero-order valence-corrected chi connectivity index (χ0v) is 24.2. The monoisotopic (exact) mass is 569 g/mol. The van der Waals surface area contributed by atoms with Crippen LogP contribution in [0.3, 0.4) is 0 Å². The maximum atomic E-state index is 13.8. The van der Waals surface area contributed by atoms with Crippen molar-refractivity contribution >= 4 is 17.3 Å². The van der Waals surface area contributed by atoms with Crippen molar-refractivity contribution in [1.29, 1.82) is 0 Å². The summed E-state index contributed by atoms with van der Waals surface area (Å²) in [6.07, 6.45) is 6.58. The Morgan fingerprint density at radius 3 is 2.74 bits per heavy atom. The normalized spacial score (nSPS) is 40.1. The molecule has 2 aromatic rings. The highest BCUT2D eigenvalue weighted by atomic mass is 16.7. The van der Waals surface area contributed by atoms with Crippen LogP contribution in [-0.2, 0) is 25.5 Å². The van der Waals surface area contributed by atoms with Crippen molar-refractivity contribution in [1.82, 2.24) is 0 Å². The first-order valence-electron chi connectivity index (χ1n) is 15.1. The second kappa shape index (κ2) is 9.71. The molecule has 2 aromatic carbocycles. The van der Waals surface area contributed by atoms with E-state index < -0.39 is 41.5 Å². The summed E-state index contributed by atoms with van der Waals surface area (Å²) in [5.74, 6) is -0.271. The van der Waals surface area contributed by atoms with Gasteiger partial charge >= 0.3 is 0 Å². The molecule has 4 N–H and O–H groups in total. The summed E-state index contributed by atoms with van der Waals surface area (Å²) < 4.78 is 13.4. The molecule has 7 heteroatoms. The first-order valence-corrected chi connectivity index (χ1v) is 15.1. The summed E-state index contributed by atoms with van der Waals surface area (Å²) in [7, 11) is 0. The maximum Gasteiger partial charge on any atom is 0.193 e. The van der Waals surface area contributed by atoms with Gasteiger partial charge in [0.2, 0.25) is 0 Å². The number of allylic oxidation sites excluding steroid dienone is 4. The largest absolute Gasteiger partial charge is 0.398 e. The average molecular weight is 570 g/mol. The Morgan fingerprint density at radius 2 is 1.95 bits per heavy atom. The summed E-state index contributed by atoms with van der Waals surface area (Å²) >= 11 is 0. The number of rotatable bonds is 5. The highest BCUT2D eigenvalue weighted by Crippen LogP contribution is 2.70. The van der Waals surface area contributed by atoms with E-state index in [-0.39, 0.29) is 29.3 Å². The Morgan fingerprint density at radius 1 is 1.14 bits per heavy atom. The summed E-state index contributed by atoms with van der Waals surface area (Å²) in [6, 6.07) is 15.8. The fraction of sp³-hybridized carbons (Fsp3) is 0.486. The number of para-hydroxylation sites is 1. The fourth-order valence-electron chi connectivity index (χ4n) is 9.60. The van der Waals surface area contributed by atoms with Gasteiger partial charge in [0.05, 0.1) is 12.2 Å². The van der Waals surface area contributed by atoms with E-state index >= 15 is 0 Å². The SMILES string of the molecule is C[C@]12C=CC(=O)C=C1CC[C@@H]1[C@@H]2[C@@H](O)C[C@@]2(C)[C@H]1C[C@H]1O[C@H](c3cccc(Cc4ccccc4N)c3)O[C@]12C(=O)CO. The van der Waals surface area contributed by atoms with Gasteiger partial charge in [-0.05, 0) is 73.3 Å². The van der Waals surface area contributed by atoms with Gasteiger partial charge < -0.3 is 25.4 Å². The summed E-state index contributed by atoms with van der Waals surface area (Å²) in [6.45, 7) is 3.54. The summed E-state index contributed by atoms with van der Waals surface area (Å²) in [5.41, 5.74) is 8.41. The molecular weight excluding hydrogens is 530 g/mol. The predicted molar refractivity (Wildman–Crippen MR) is 157 cm³/mol. The molecule has 7 nitrogen and oxygen atoms in total. The van der Waals surface area contributed by atoms with Crippen LogP contribution < -0.4 is 5.73 Å². The Hall–Kier alpha value is -3.10. The molecule has 0 spiro atoms. The Labute approximate surface area is 246 Å². The zero-order chi connectivity index (χ0) is 29.4. The molecule has 4 aliphatic carbocycles. The Bertz CT molecular complexity index is 1510. The molecule has 0 radical (unpaired) electrons. The van der Waals surface area contributed by atoms with E-state index in [2.05, 4.69) is 13.8 Å². The van der Waals surface area contributed by atoms with Crippen molar-refractivity contribution in [3.8, 4) is 0 Å². The molecule has 0 unspecified atom stereocenters. The fourth-order valence-corrected chi connectivity index (χ4v) is 9.60. The van der Waals surface area contributed by atoms with Crippen LogP contribution >= 0.6 is 0 Å². The van der Waals surface area contributed by atoms with E-state index in [9.17, 15) is 19.8 Å². The number of carbonyl (C=O) groups is 2. The molecule has 220 valence electrons. The second-order valence-corrected chi connectivity index (χ2v) is 13.5. The summed E-state index contributed by atoms with van der Waals surface area (Å²) in [5, 5.41) is 22.1. The van der Waals surface area contributed by atoms with Crippen molar-refractivity contribution < 1.29 is 29.3 Å². The molecule has 9 atom stereocenters. The third-order valence-corrected chi connectivity index (χ3v) is 11.5. The second-order valence-electron chi connectivity index (χ2n) is 13.5. The van der Waals surface area contributed by atoms with Gasteiger partial charge in [0.15, 0.2) is 23.5 Å². The lowest BCUT2D eigenvalue weighted by molar-refractivity contribution is -0.201. The quantitative estimate of drug-likeness (QED) is 0.455. The minimum absolute atomic E-state index is 0.00287. The highest BCUT2D eigenvalue weighted by Gasteiger charge is 2.75. The lowest BCUT2D eigenvalue weighted by Crippen LogP contribution is -2.63. The van der Waals surface area contributed by atoms with E-state index in [0.717, 1.165) is 40.8 Å². The van der Waals surface area contributed by atoms with Gasteiger partial charge in [-0.1, -0.05) is 68.0 Å². The van der Waals surface area contributed by atoms with E-state index in [4.69, 9.17) is 15.2 Å². The first kappa shape index (κ1) is 27.7. The number of aliphatic hydroxyl groups is 2. The minimum atomic E-state index is -1.36. The Kier molecular flexibility index (Phi) is 6.41. The van der Waals surface area contributed by atoms with Crippen molar-refractivity contribution in [2.24, 2.45) is 28.6 Å². The number of ether oxygens (including phenoxy) is 2. The number of Topliss-reactive ketones (excluding diaryl/α,β-unsaturated/α-hetero) is 1. The molecule has 0 aromatic heterocycles. The molecule has 4 fully saturated rings. The number of ketones is 2. The van der Waals surface area contributed by atoms with Crippen LogP contribution in [0.5, 0.6) is 0 Å². The molecule has 1 heterocycles. The number of hydrogen-bond acceptors (Lipinski definition) is 7. The highest BCUT2D eigenvalue weighted by molar-refractivity contribution is 6.01. The smallest absolute Gasteiger partial charge is 0.193 e. The third-order valence-electron chi connectivity index (χ3n) is 11.5. The van der Waals surface area contributed by atoms with E-state index in [1.807, 2.05) is 54.6 Å².